The van der Waals surface area contributed by atoms with Crippen molar-refractivity contribution < 1.29 is 9.53 Å². The van der Waals surface area contributed by atoms with Crippen molar-refractivity contribution in [3.8, 4) is 11.4 Å². The number of carbonyl (C=O) groups excluding carboxylic acids is 1. The van der Waals surface area contributed by atoms with Crippen LogP contribution in [0, 0.1) is 6.92 Å². The number of nitrogens with one attached hydrogen (secondary N) is 2. The van der Waals surface area contributed by atoms with Gasteiger partial charge >= 0.3 is 0 Å². The smallest absolute Gasteiger partial charge is 0.224 e. The molecule has 2 aromatic heterocycles. The molecule has 0 aliphatic carbocycles. The third-order valence-electron chi connectivity index (χ3n) is 6.55. The Bertz CT molecular complexity index is 1420. The number of aryl methyl sites for hydroxylation is 1. The number of thiocarbonyl (C=S) groups is 1. The van der Waals surface area contributed by atoms with Crippen molar-refractivity contribution >= 4 is 34.6 Å². The highest BCUT2D eigenvalue weighted by atomic mass is 32.1. The number of hydrogen-bond acceptors (Lipinski definition) is 4. The molecular weight excluding hydrogens is 482 g/mol. The van der Waals surface area contributed by atoms with Crippen LogP contribution in [-0.4, -0.2) is 27.7 Å². The second-order valence-corrected chi connectivity index (χ2v) is 9.31. The molecule has 3 heterocycles. The zero-order valence-corrected chi connectivity index (χ0v) is 21.8. The summed E-state index contributed by atoms with van der Waals surface area (Å²) >= 11 is 5.90. The number of carbonyl (C=O) groups is 1. The Morgan fingerprint density at radius 3 is 2.57 bits per heavy atom. The van der Waals surface area contributed by atoms with E-state index in [2.05, 4.69) is 68.5 Å². The minimum atomic E-state index is -0.195. The zero-order chi connectivity index (χ0) is 25.9. The molecule has 2 N–H and O–H groups in total. The molecule has 0 unspecified atom stereocenters. The number of ether oxygens (including phenoxy) is 1. The molecule has 1 amide bonds. The molecular formula is C29H29N5O2S. The van der Waals surface area contributed by atoms with Gasteiger partial charge in [-0.2, -0.15) is 0 Å². The number of amides is 1. The lowest BCUT2D eigenvalue weighted by Crippen LogP contribution is -2.30. The molecule has 1 aliphatic heterocycles. The van der Waals surface area contributed by atoms with E-state index in [1.165, 1.54) is 5.56 Å². The van der Waals surface area contributed by atoms with Gasteiger partial charge in [0.2, 0.25) is 5.91 Å². The number of anilines is 2. The van der Waals surface area contributed by atoms with Gasteiger partial charge in [-0.05, 0) is 67.7 Å². The molecule has 1 fully saturated rings. The van der Waals surface area contributed by atoms with Gasteiger partial charge in [0.05, 0.1) is 24.5 Å². The number of benzene rings is 2. The van der Waals surface area contributed by atoms with Gasteiger partial charge in [0.25, 0.3) is 0 Å². The predicted molar refractivity (Wildman–Crippen MR) is 150 cm³/mol. The van der Waals surface area contributed by atoms with Crippen LogP contribution in [0.25, 0.3) is 5.69 Å². The molecule has 1 aliphatic rings. The Kier molecular flexibility index (Phi) is 6.92. The third kappa shape index (κ3) is 4.80. The predicted octanol–water partition coefficient (Wildman–Crippen LogP) is 5.71. The monoisotopic (exact) mass is 511 g/mol. The minimum Gasteiger partial charge on any atom is -0.494 e. The fourth-order valence-electron chi connectivity index (χ4n) is 4.68. The Labute approximate surface area is 222 Å². The maximum atomic E-state index is 12.0. The number of pyridine rings is 1. The SMILES string of the molecule is CCC(=O)Nc1ccc(N2C(=S)N[C@@H](c3ccccn3)[C@H]2c2cccn2-c2ccc(C)cc2)cc1OC. The first-order valence-electron chi connectivity index (χ1n) is 12.2. The Morgan fingerprint density at radius 2 is 1.86 bits per heavy atom. The molecule has 37 heavy (non-hydrogen) atoms. The molecule has 2 aromatic carbocycles. The number of methoxy groups -OCH3 is 1. The van der Waals surface area contributed by atoms with Crippen molar-refractivity contribution in [2.24, 2.45) is 0 Å². The third-order valence-corrected chi connectivity index (χ3v) is 6.87. The summed E-state index contributed by atoms with van der Waals surface area (Å²) < 4.78 is 7.84. The highest BCUT2D eigenvalue weighted by molar-refractivity contribution is 7.80. The van der Waals surface area contributed by atoms with Gasteiger partial charge in [-0.1, -0.05) is 30.7 Å². The van der Waals surface area contributed by atoms with Crippen LogP contribution in [0.15, 0.2) is 85.2 Å². The van der Waals surface area contributed by atoms with Gasteiger partial charge in [-0.3, -0.25) is 9.78 Å². The molecule has 188 valence electrons. The molecule has 1 saturated heterocycles. The number of nitrogens with zero attached hydrogens (tertiary/aromatic N) is 3. The van der Waals surface area contributed by atoms with E-state index < -0.39 is 0 Å². The van der Waals surface area contributed by atoms with Gasteiger partial charge in [-0.15, -0.1) is 0 Å². The van der Waals surface area contributed by atoms with E-state index in [-0.39, 0.29) is 18.0 Å². The first kappa shape index (κ1) is 24.5. The molecule has 0 spiro atoms. The van der Waals surface area contributed by atoms with Gasteiger partial charge in [-0.25, -0.2) is 0 Å². The largest absolute Gasteiger partial charge is 0.494 e. The second-order valence-electron chi connectivity index (χ2n) is 8.92. The topological polar surface area (TPSA) is 71.4 Å². The van der Waals surface area contributed by atoms with Crippen LogP contribution in [0.4, 0.5) is 11.4 Å². The number of rotatable bonds is 7. The van der Waals surface area contributed by atoms with E-state index in [9.17, 15) is 4.79 Å². The molecule has 4 aromatic rings. The fourth-order valence-corrected chi connectivity index (χ4v) is 5.03. The van der Waals surface area contributed by atoms with Crippen LogP contribution in [0.5, 0.6) is 5.75 Å². The highest BCUT2D eigenvalue weighted by Crippen LogP contribution is 2.43. The molecule has 2 atom stereocenters. The number of aromatic nitrogens is 2. The first-order valence-corrected chi connectivity index (χ1v) is 12.6. The molecule has 0 saturated carbocycles. The Morgan fingerprint density at radius 1 is 1.08 bits per heavy atom. The summed E-state index contributed by atoms with van der Waals surface area (Å²) in [6, 6.07) is 23.9. The van der Waals surface area contributed by atoms with Crippen molar-refractivity contribution in [2.75, 3.05) is 17.3 Å². The fraction of sp³-hybridized carbons (Fsp3) is 0.207. The zero-order valence-electron chi connectivity index (χ0n) is 21.0. The average molecular weight is 512 g/mol. The highest BCUT2D eigenvalue weighted by Gasteiger charge is 2.42. The van der Waals surface area contributed by atoms with Crippen molar-refractivity contribution in [1.82, 2.24) is 14.9 Å². The maximum Gasteiger partial charge on any atom is 0.224 e. The summed E-state index contributed by atoms with van der Waals surface area (Å²) in [5.74, 6) is 0.490. The lowest BCUT2D eigenvalue weighted by atomic mass is 10.0. The molecule has 5 rings (SSSR count). The van der Waals surface area contributed by atoms with Crippen molar-refractivity contribution in [2.45, 2.75) is 32.4 Å². The minimum absolute atomic E-state index is 0.0755. The van der Waals surface area contributed by atoms with E-state index in [4.69, 9.17) is 17.0 Å². The van der Waals surface area contributed by atoms with E-state index >= 15 is 0 Å². The van der Waals surface area contributed by atoms with E-state index in [1.807, 2.05) is 49.4 Å². The van der Waals surface area contributed by atoms with Gasteiger partial charge in [0, 0.05) is 41.9 Å². The average Bonchev–Trinajstić information content (AvgIpc) is 3.54. The maximum absolute atomic E-state index is 12.0. The summed E-state index contributed by atoms with van der Waals surface area (Å²) in [4.78, 5) is 18.8. The first-order chi connectivity index (χ1) is 18.0. The van der Waals surface area contributed by atoms with E-state index in [0.29, 0.717) is 23.0 Å². The van der Waals surface area contributed by atoms with Gasteiger partial charge in [0.1, 0.15) is 11.8 Å². The van der Waals surface area contributed by atoms with Crippen LogP contribution in [0.2, 0.25) is 0 Å². The summed E-state index contributed by atoms with van der Waals surface area (Å²) in [7, 11) is 1.60. The molecule has 0 bridgehead atoms. The molecule has 8 heteroatoms. The Hall–Kier alpha value is -4.17. The van der Waals surface area contributed by atoms with Crippen LogP contribution in [-0.2, 0) is 4.79 Å². The van der Waals surface area contributed by atoms with Crippen LogP contribution in [0.3, 0.4) is 0 Å². The van der Waals surface area contributed by atoms with E-state index in [0.717, 1.165) is 22.8 Å². The number of hydrogen-bond donors (Lipinski definition) is 2. The second kappa shape index (κ2) is 10.4. The quantitative estimate of drug-likeness (QED) is 0.310. The lowest BCUT2D eigenvalue weighted by Gasteiger charge is -2.29. The van der Waals surface area contributed by atoms with Crippen molar-refractivity contribution in [3.63, 3.8) is 0 Å². The standard InChI is InChI=1S/C29H29N5O2S/c1-4-26(35)31-22-15-14-21(18-25(22)36-3)34-28(27(32-29(34)37)23-8-5-6-16-30-23)24-9-7-17-33(24)20-12-10-19(2)11-13-20/h5-18,27-28H,4H2,1-3H3,(H,31,35)(H,32,37)/t27-,28+/m0/s1. The van der Waals surface area contributed by atoms with Crippen LogP contribution in [0.1, 0.15) is 42.4 Å². The van der Waals surface area contributed by atoms with Gasteiger partial charge < -0.3 is 24.8 Å². The lowest BCUT2D eigenvalue weighted by molar-refractivity contribution is -0.115. The molecule has 7 nitrogen and oxygen atoms in total. The summed E-state index contributed by atoms with van der Waals surface area (Å²) in [5.41, 5.74) is 5.71. The van der Waals surface area contributed by atoms with Crippen molar-refractivity contribution in [3.05, 3.63) is 102 Å². The van der Waals surface area contributed by atoms with E-state index in [1.54, 1.807) is 13.3 Å². The Balaban J connectivity index is 1.62. The van der Waals surface area contributed by atoms with Crippen molar-refractivity contribution in [1.29, 1.82) is 0 Å². The normalized spacial score (nSPS) is 16.9. The summed E-state index contributed by atoms with van der Waals surface area (Å²) in [5, 5.41) is 7.00. The van der Waals surface area contributed by atoms with Gasteiger partial charge in [0.15, 0.2) is 5.11 Å². The summed E-state index contributed by atoms with van der Waals surface area (Å²) in [6.45, 7) is 3.90. The molecule has 0 radical (unpaired) electrons. The van der Waals surface area contributed by atoms with Crippen LogP contribution >= 0.6 is 12.2 Å². The van der Waals surface area contributed by atoms with Crippen LogP contribution < -0.4 is 20.3 Å². The summed E-state index contributed by atoms with van der Waals surface area (Å²) in [6.07, 6.45) is 4.25.